The highest BCUT2D eigenvalue weighted by atomic mass is 16.6. The standard InChI is InChI=1S/C33H36N8O4/c1-6-7-18-40-27-28(37-30(40)39-17-11-12-21(19-39)35-31(43)45-33(2,3)4)38(5)32(44)41(29(27)42)20-25-22-13-8-9-14-23(22)26-24(36-25)15-10-16-34-26/h8-10,13-16,21H,11-12,17-20H2,1-5H3,(H,35,43)/t21-/m1/s1. The van der Waals surface area contributed by atoms with E-state index in [1.807, 2.05) is 62.1 Å². The second-order valence-electron chi connectivity index (χ2n) is 12.2. The maximum absolute atomic E-state index is 14.2. The summed E-state index contributed by atoms with van der Waals surface area (Å²) in [6.07, 6.45) is 2.82. The van der Waals surface area contributed by atoms with Gasteiger partial charge in [-0.15, -0.1) is 5.92 Å². The Morgan fingerprint density at radius 3 is 2.62 bits per heavy atom. The van der Waals surface area contributed by atoms with Crippen LogP contribution >= 0.6 is 0 Å². The van der Waals surface area contributed by atoms with Crippen LogP contribution in [0.4, 0.5) is 10.7 Å². The summed E-state index contributed by atoms with van der Waals surface area (Å²) in [5.74, 6) is 6.50. The molecule has 4 aromatic heterocycles. The van der Waals surface area contributed by atoms with Gasteiger partial charge in [0.2, 0.25) is 5.95 Å². The zero-order valence-corrected chi connectivity index (χ0v) is 26.1. The van der Waals surface area contributed by atoms with E-state index in [4.69, 9.17) is 14.7 Å². The van der Waals surface area contributed by atoms with Crippen molar-refractivity contribution in [3.05, 3.63) is 69.1 Å². The third kappa shape index (κ3) is 5.73. The Labute approximate surface area is 259 Å². The lowest BCUT2D eigenvalue weighted by Crippen LogP contribution is -2.49. The van der Waals surface area contributed by atoms with E-state index in [2.05, 4.69) is 22.1 Å². The van der Waals surface area contributed by atoms with Gasteiger partial charge >= 0.3 is 11.8 Å². The quantitative estimate of drug-likeness (QED) is 0.237. The van der Waals surface area contributed by atoms with Crippen molar-refractivity contribution in [1.29, 1.82) is 0 Å². The molecule has 0 spiro atoms. The van der Waals surface area contributed by atoms with E-state index < -0.39 is 22.9 Å². The Morgan fingerprint density at radius 2 is 1.87 bits per heavy atom. The number of imidazole rings is 1. The van der Waals surface area contributed by atoms with Crippen molar-refractivity contribution in [2.75, 3.05) is 18.0 Å². The number of carbonyl (C=O) groups excluding carboxylic acids is 1. The van der Waals surface area contributed by atoms with Crippen LogP contribution in [0.25, 0.3) is 33.0 Å². The van der Waals surface area contributed by atoms with Crippen LogP contribution in [0.1, 0.15) is 46.2 Å². The molecule has 1 fully saturated rings. The van der Waals surface area contributed by atoms with Gasteiger partial charge in [0.25, 0.3) is 5.56 Å². The number of fused-ring (bicyclic) bond motifs is 4. The maximum atomic E-state index is 14.2. The molecule has 0 radical (unpaired) electrons. The highest BCUT2D eigenvalue weighted by Crippen LogP contribution is 2.26. The highest BCUT2D eigenvalue weighted by molar-refractivity contribution is 6.04. The number of carbonyl (C=O) groups is 1. The molecule has 0 aliphatic carbocycles. The van der Waals surface area contributed by atoms with Crippen LogP contribution in [-0.2, 0) is 24.9 Å². The molecule has 1 atom stereocenters. The average molecular weight is 609 g/mol. The number of alkyl carbamates (subject to hydrolysis) is 1. The summed E-state index contributed by atoms with van der Waals surface area (Å²) in [7, 11) is 1.62. The summed E-state index contributed by atoms with van der Waals surface area (Å²) in [6.45, 7) is 8.51. The molecule has 1 saturated heterocycles. The number of nitrogens with zero attached hydrogens (tertiary/aromatic N) is 7. The molecule has 1 aliphatic rings. The summed E-state index contributed by atoms with van der Waals surface area (Å²) >= 11 is 0. The molecule has 0 unspecified atom stereocenters. The van der Waals surface area contributed by atoms with Crippen molar-refractivity contribution < 1.29 is 9.53 Å². The Hall–Kier alpha value is -5.18. The SMILES string of the molecule is CC#CCn1c(N2CCC[C@@H](NC(=O)OC(C)(C)C)C2)nc2c1c(=O)n(Cc1nc3cccnc3c3ccccc13)c(=O)n2C. The van der Waals surface area contributed by atoms with Gasteiger partial charge in [-0.2, -0.15) is 4.98 Å². The summed E-state index contributed by atoms with van der Waals surface area (Å²) < 4.78 is 9.85. The van der Waals surface area contributed by atoms with Crippen molar-refractivity contribution in [3.63, 3.8) is 0 Å². The molecule has 45 heavy (non-hydrogen) atoms. The fourth-order valence-electron chi connectivity index (χ4n) is 5.91. The zero-order chi connectivity index (χ0) is 31.9. The second kappa shape index (κ2) is 11.7. The van der Waals surface area contributed by atoms with Gasteiger partial charge < -0.3 is 15.0 Å². The fourth-order valence-corrected chi connectivity index (χ4v) is 5.91. The van der Waals surface area contributed by atoms with Crippen molar-refractivity contribution in [1.82, 2.24) is 34.0 Å². The van der Waals surface area contributed by atoms with Gasteiger partial charge in [-0.05, 0) is 52.7 Å². The molecule has 1 N–H and O–H groups in total. The molecule has 232 valence electrons. The number of hydrogen-bond donors (Lipinski definition) is 1. The molecular weight excluding hydrogens is 572 g/mol. The molecule has 1 aromatic carbocycles. The number of nitrogens with one attached hydrogen (secondary N) is 1. The molecule has 5 aromatic rings. The first-order chi connectivity index (χ1) is 21.6. The topological polar surface area (TPSA) is 129 Å². The third-order valence-corrected chi connectivity index (χ3v) is 7.89. The van der Waals surface area contributed by atoms with E-state index in [9.17, 15) is 14.4 Å². The Balaban J connectivity index is 1.44. The van der Waals surface area contributed by atoms with Crippen LogP contribution in [0.5, 0.6) is 0 Å². The normalized spacial score (nSPS) is 15.3. The van der Waals surface area contributed by atoms with Crippen LogP contribution < -0.4 is 21.5 Å². The van der Waals surface area contributed by atoms with E-state index in [-0.39, 0.29) is 30.3 Å². The van der Waals surface area contributed by atoms with Gasteiger partial charge in [-0.25, -0.2) is 14.6 Å². The van der Waals surface area contributed by atoms with Crippen molar-refractivity contribution >= 4 is 45.0 Å². The molecule has 1 amide bonds. The summed E-state index contributed by atoms with van der Waals surface area (Å²) in [5, 5.41) is 4.68. The molecule has 1 aliphatic heterocycles. The Bertz CT molecular complexity index is 2130. The largest absolute Gasteiger partial charge is 0.444 e. The first-order valence-corrected chi connectivity index (χ1v) is 15.0. The predicted molar refractivity (Wildman–Crippen MR) is 173 cm³/mol. The number of benzene rings is 1. The number of aromatic nitrogens is 6. The number of rotatable bonds is 5. The van der Waals surface area contributed by atoms with Gasteiger partial charge in [0.1, 0.15) is 5.60 Å². The maximum Gasteiger partial charge on any atom is 0.407 e. The number of hydrogen-bond acceptors (Lipinski definition) is 8. The van der Waals surface area contributed by atoms with Crippen LogP contribution in [0, 0.1) is 11.8 Å². The number of ether oxygens (including phenoxy) is 1. The summed E-state index contributed by atoms with van der Waals surface area (Å²) in [6, 6.07) is 11.2. The van der Waals surface area contributed by atoms with E-state index in [1.165, 1.54) is 9.13 Å². The predicted octanol–water partition coefficient (Wildman–Crippen LogP) is 3.56. The zero-order valence-electron chi connectivity index (χ0n) is 26.1. The number of pyridine rings is 2. The monoisotopic (exact) mass is 608 g/mol. The number of piperidine rings is 1. The van der Waals surface area contributed by atoms with Gasteiger partial charge in [-0.1, -0.05) is 30.2 Å². The molecule has 6 rings (SSSR count). The minimum absolute atomic E-state index is 0.0294. The van der Waals surface area contributed by atoms with Crippen molar-refractivity contribution in [3.8, 4) is 11.8 Å². The molecule has 12 nitrogen and oxygen atoms in total. The lowest BCUT2D eigenvalue weighted by molar-refractivity contribution is 0.0499. The van der Waals surface area contributed by atoms with E-state index >= 15 is 0 Å². The molecule has 12 heteroatoms. The minimum atomic E-state index is -0.610. The first-order valence-electron chi connectivity index (χ1n) is 15.0. The van der Waals surface area contributed by atoms with Crippen LogP contribution in [-0.4, -0.2) is 59.5 Å². The van der Waals surface area contributed by atoms with E-state index in [0.29, 0.717) is 30.2 Å². The first kappa shape index (κ1) is 29.9. The second-order valence-corrected chi connectivity index (χ2v) is 12.2. The average Bonchev–Trinajstić information content (AvgIpc) is 3.40. The number of anilines is 1. The van der Waals surface area contributed by atoms with Crippen LogP contribution in [0.15, 0.2) is 52.2 Å². The fraction of sp³-hybridized carbons (Fsp3) is 0.394. The van der Waals surface area contributed by atoms with Gasteiger partial charge in [0.15, 0.2) is 11.2 Å². The summed E-state index contributed by atoms with van der Waals surface area (Å²) in [5.41, 5.74) is 1.02. The molecule has 0 bridgehead atoms. The van der Waals surface area contributed by atoms with Gasteiger partial charge in [0, 0.05) is 43.1 Å². The molecule has 5 heterocycles. The van der Waals surface area contributed by atoms with Crippen molar-refractivity contribution in [2.45, 2.75) is 65.3 Å². The lowest BCUT2D eigenvalue weighted by Gasteiger charge is -2.34. The minimum Gasteiger partial charge on any atom is -0.444 e. The number of aryl methyl sites for hydroxylation is 1. The lowest BCUT2D eigenvalue weighted by atomic mass is 10.1. The third-order valence-electron chi connectivity index (χ3n) is 7.89. The van der Waals surface area contributed by atoms with Crippen molar-refractivity contribution in [2.24, 2.45) is 7.05 Å². The van der Waals surface area contributed by atoms with Gasteiger partial charge in [-0.3, -0.25) is 23.5 Å². The van der Waals surface area contributed by atoms with E-state index in [0.717, 1.165) is 29.1 Å². The van der Waals surface area contributed by atoms with E-state index in [1.54, 1.807) is 24.7 Å². The van der Waals surface area contributed by atoms with Crippen LogP contribution in [0.2, 0.25) is 0 Å². The molecule has 0 saturated carbocycles. The Morgan fingerprint density at radius 1 is 1.09 bits per heavy atom. The number of amides is 1. The van der Waals surface area contributed by atoms with Crippen LogP contribution in [0.3, 0.4) is 0 Å². The van der Waals surface area contributed by atoms with Gasteiger partial charge in [0.05, 0.1) is 29.8 Å². The smallest absolute Gasteiger partial charge is 0.407 e. The Kier molecular flexibility index (Phi) is 7.78. The molecular formula is C33H36N8O4. The highest BCUT2D eigenvalue weighted by Gasteiger charge is 2.29. The summed E-state index contributed by atoms with van der Waals surface area (Å²) in [4.78, 5) is 56.7.